The van der Waals surface area contributed by atoms with Crippen LogP contribution in [-0.2, 0) is 16.1 Å². The van der Waals surface area contributed by atoms with Gasteiger partial charge in [0.1, 0.15) is 0 Å². The minimum Gasteiger partial charge on any atom is -0.466 e. The van der Waals surface area contributed by atoms with E-state index in [1.165, 1.54) is 0 Å². The molecule has 0 aromatic carbocycles. The summed E-state index contributed by atoms with van der Waals surface area (Å²) >= 11 is 0. The lowest BCUT2D eigenvalue weighted by molar-refractivity contribution is -0.149. The van der Waals surface area contributed by atoms with Gasteiger partial charge in [0.2, 0.25) is 11.7 Å². The highest BCUT2D eigenvalue weighted by Crippen LogP contribution is 2.21. The number of rotatable bonds is 5. The molecule has 0 amide bonds. The number of hydrogen-bond donors (Lipinski definition) is 0. The molecule has 118 valence electrons. The van der Waals surface area contributed by atoms with Crippen molar-refractivity contribution in [3.63, 3.8) is 0 Å². The molecule has 3 heterocycles. The van der Waals surface area contributed by atoms with Crippen LogP contribution in [0.1, 0.15) is 25.7 Å². The molecule has 22 heavy (non-hydrogen) atoms. The van der Waals surface area contributed by atoms with Gasteiger partial charge in [0, 0.05) is 0 Å². The van der Waals surface area contributed by atoms with Crippen molar-refractivity contribution in [2.24, 2.45) is 5.92 Å². The molecule has 0 spiro atoms. The molecule has 3 rings (SSSR count). The fraction of sp³-hybridized carbons (Fsp3) is 0.533. The summed E-state index contributed by atoms with van der Waals surface area (Å²) in [5.74, 6) is 1.54. The molecular formula is C15H19N3O4. The van der Waals surface area contributed by atoms with Crippen molar-refractivity contribution in [3.05, 3.63) is 24.3 Å². The van der Waals surface area contributed by atoms with Crippen molar-refractivity contribution < 1.29 is 18.5 Å². The monoisotopic (exact) mass is 305 g/mol. The van der Waals surface area contributed by atoms with E-state index in [1.807, 2.05) is 6.92 Å². The third-order valence-corrected chi connectivity index (χ3v) is 3.78. The highest BCUT2D eigenvalue weighted by molar-refractivity contribution is 5.72. The normalized spacial score (nSPS) is 16.8. The van der Waals surface area contributed by atoms with Crippen molar-refractivity contribution >= 4 is 5.97 Å². The van der Waals surface area contributed by atoms with Gasteiger partial charge in [0.05, 0.1) is 25.3 Å². The molecule has 1 saturated heterocycles. The number of furan rings is 1. The van der Waals surface area contributed by atoms with Gasteiger partial charge in [-0.15, -0.1) is 0 Å². The Labute approximate surface area is 128 Å². The van der Waals surface area contributed by atoms with Crippen molar-refractivity contribution in [2.45, 2.75) is 26.3 Å². The predicted octanol–water partition coefficient (Wildman–Crippen LogP) is 2.10. The Morgan fingerprint density at radius 3 is 2.95 bits per heavy atom. The summed E-state index contributed by atoms with van der Waals surface area (Å²) in [5, 5.41) is 3.91. The summed E-state index contributed by atoms with van der Waals surface area (Å²) in [6, 6.07) is 3.57. The summed E-state index contributed by atoms with van der Waals surface area (Å²) in [4.78, 5) is 18.2. The molecule has 0 aliphatic carbocycles. The molecular weight excluding hydrogens is 286 g/mol. The Morgan fingerprint density at radius 2 is 2.27 bits per heavy atom. The number of piperidine rings is 1. The summed E-state index contributed by atoms with van der Waals surface area (Å²) in [5.41, 5.74) is 0. The molecule has 1 aliphatic heterocycles. The number of nitrogens with zero attached hydrogens (tertiary/aromatic N) is 3. The first kappa shape index (κ1) is 14.8. The summed E-state index contributed by atoms with van der Waals surface area (Å²) < 4.78 is 15.6. The zero-order valence-electron chi connectivity index (χ0n) is 12.5. The van der Waals surface area contributed by atoms with Crippen LogP contribution in [0, 0.1) is 5.92 Å². The van der Waals surface area contributed by atoms with Gasteiger partial charge in [0.25, 0.3) is 0 Å². The van der Waals surface area contributed by atoms with Crippen molar-refractivity contribution in [1.29, 1.82) is 0 Å². The van der Waals surface area contributed by atoms with Crippen molar-refractivity contribution in [1.82, 2.24) is 15.0 Å². The van der Waals surface area contributed by atoms with E-state index in [9.17, 15) is 4.79 Å². The Bertz CT molecular complexity index is 600. The first-order chi connectivity index (χ1) is 10.8. The fourth-order valence-electron chi connectivity index (χ4n) is 2.60. The van der Waals surface area contributed by atoms with Crippen molar-refractivity contribution in [2.75, 3.05) is 19.7 Å². The van der Waals surface area contributed by atoms with Crippen LogP contribution in [0.15, 0.2) is 27.3 Å². The van der Waals surface area contributed by atoms with Crippen LogP contribution in [0.5, 0.6) is 0 Å². The smallest absolute Gasteiger partial charge is 0.309 e. The molecule has 7 nitrogen and oxygen atoms in total. The maximum Gasteiger partial charge on any atom is 0.309 e. The first-order valence-electron chi connectivity index (χ1n) is 7.51. The first-order valence-corrected chi connectivity index (χ1v) is 7.51. The average molecular weight is 305 g/mol. The average Bonchev–Trinajstić information content (AvgIpc) is 3.19. The van der Waals surface area contributed by atoms with Crippen LogP contribution in [0.3, 0.4) is 0 Å². The lowest BCUT2D eigenvalue weighted by Gasteiger charge is -2.29. The quantitative estimate of drug-likeness (QED) is 0.782. The second-order valence-electron chi connectivity index (χ2n) is 5.29. The molecule has 0 radical (unpaired) electrons. The number of hydrogen-bond acceptors (Lipinski definition) is 7. The van der Waals surface area contributed by atoms with Crippen LogP contribution >= 0.6 is 0 Å². The molecule has 0 saturated carbocycles. The molecule has 2 aromatic rings. The van der Waals surface area contributed by atoms with Gasteiger partial charge < -0.3 is 13.7 Å². The van der Waals surface area contributed by atoms with E-state index in [2.05, 4.69) is 15.0 Å². The zero-order chi connectivity index (χ0) is 15.4. The number of aromatic nitrogens is 2. The van der Waals surface area contributed by atoms with E-state index in [4.69, 9.17) is 13.7 Å². The molecule has 1 aliphatic rings. The van der Waals surface area contributed by atoms with Crippen LogP contribution < -0.4 is 0 Å². The second-order valence-corrected chi connectivity index (χ2v) is 5.29. The van der Waals surface area contributed by atoms with E-state index in [-0.39, 0.29) is 11.9 Å². The number of carbonyl (C=O) groups is 1. The Kier molecular flexibility index (Phi) is 4.53. The molecule has 0 N–H and O–H groups in total. The highest BCUT2D eigenvalue weighted by Gasteiger charge is 2.26. The third kappa shape index (κ3) is 3.36. The lowest BCUT2D eigenvalue weighted by atomic mass is 9.97. The zero-order valence-corrected chi connectivity index (χ0v) is 12.5. The van der Waals surface area contributed by atoms with Gasteiger partial charge >= 0.3 is 5.97 Å². The Balaban J connectivity index is 1.52. The van der Waals surface area contributed by atoms with E-state index >= 15 is 0 Å². The minimum absolute atomic E-state index is 0.0116. The molecule has 2 aromatic heterocycles. The molecule has 1 fully saturated rings. The fourth-order valence-corrected chi connectivity index (χ4v) is 2.60. The van der Waals surface area contributed by atoms with Crippen LogP contribution in [0.25, 0.3) is 11.6 Å². The molecule has 0 atom stereocenters. The highest BCUT2D eigenvalue weighted by atomic mass is 16.5. The number of carbonyl (C=O) groups excluding carboxylic acids is 1. The summed E-state index contributed by atoms with van der Waals surface area (Å²) in [6.45, 7) is 4.50. The minimum atomic E-state index is -0.0833. The van der Waals surface area contributed by atoms with Gasteiger partial charge in [-0.05, 0) is 45.0 Å². The van der Waals surface area contributed by atoms with Crippen LogP contribution in [-0.4, -0.2) is 40.7 Å². The largest absolute Gasteiger partial charge is 0.466 e. The van der Waals surface area contributed by atoms with Gasteiger partial charge in [-0.3, -0.25) is 9.69 Å². The van der Waals surface area contributed by atoms with Gasteiger partial charge in [-0.1, -0.05) is 5.16 Å². The van der Waals surface area contributed by atoms with Gasteiger partial charge in [-0.2, -0.15) is 4.98 Å². The maximum absolute atomic E-state index is 11.7. The predicted molar refractivity (Wildman–Crippen MR) is 76.6 cm³/mol. The number of ether oxygens (including phenoxy) is 1. The number of esters is 1. The Morgan fingerprint density at radius 1 is 1.45 bits per heavy atom. The maximum atomic E-state index is 11.7. The van der Waals surface area contributed by atoms with E-state index in [1.54, 1.807) is 18.4 Å². The Hall–Kier alpha value is -2.15. The van der Waals surface area contributed by atoms with Crippen molar-refractivity contribution in [3.8, 4) is 11.6 Å². The summed E-state index contributed by atoms with van der Waals surface area (Å²) in [7, 11) is 0. The lowest BCUT2D eigenvalue weighted by Crippen LogP contribution is -2.36. The van der Waals surface area contributed by atoms with Gasteiger partial charge in [0.15, 0.2) is 5.76 Å². The van der Waals surface area contributed by atoms with Crippen LogP contribution in [0.2, 0.25) is 0 Å². The van der Waals surface area contributed by atoms with Gasteiger partial charge in [-0.25, -0.2) is 0 Å². The third-order valence-electron chi connectivity index (χ3n) is 3.78. The topological polar surface area (TPSA) is 81.6 Å². The number of likely N-dealkylation sites (tertiary alicyclic amines) is 1. The SMILES string of the molecule is CCOC(=O)C1CCN(Cc2nc(-c3ccco3)no2)CC1. The van der Waals surface area contributed by atoms with E-state index < -0.39 is 0 Å². The molecule has 0 bridgehead atoms. The standard InChI is InChI=1S/C15H19N3O4/c1-2-20-15(19)11-5-7-18(8-6-11)10-13-16-14(17-22-13)12-4-3-9-21-12/h3-4,9,11H,2,5-8,10H2,1H3. The van der Waals surface area contributed by atoms with Crippen LogP contribution in [0.4, 0.5) is 0 Å². The summed E-state index contributed by atoms with van der Waals surface area (Å²) in [6.07, 6.45) is 3.18. The molecule has 0 unspecified atom stereocenters. The second kappa shape index (κ2) is 6.74. The molecule has 7 heteroatoms. The van der Waals surface area contributed by atoms with E-state index in [0.717, 1.165) is 25.9 Å². The van der Waals surface area contributed by atoms with E-state index in [0.29, 0.717) is 30.6 Å².